The van der Waals surface area contributed by atoms with E-state index < -0.39 is 84.6 Å². The summed E-state index contributed by atoms with van der Waals surface area (Å²) in [4.78, 5) is 88.4. The predicted octanol–water partition coefficient (Wildman–Crippen LogP) is 4.81. The highest BCUT2D eigenvalue weighted by atomic mass is 32.2. The van der Waals surface area contributed by atoms with Crippen LogP contribution in [0.3, 0.4) is 0 Å². The minimum absolute atomic E-state index is 0.0310. The quantitative estimate of drug-likeness (QED) is 0.0263. The number of carbonyl (C=O) groups excluding carboxylic acids is 3. The van der Waals surface area contributed by atoms with Crippen molar-refractivity contribution >= 4 is 69.1 Å². The molecule has 2 aromatic heterocycles. The summed E-state index contributed by atoms with van der Waals surface area (Å²) < 4.78 is 62.4. The SMILES string of the molecule is CC/C=C\C/C=C\C/C=C\C/C=C\CCCCCCC(=O)SCCNC(=O)CCNC(=O)[C@@H](O)C(C)(C)COP(=O)(O)OP(=O)(O)OC[C@H]1O[C@@H](n2cnc3c(N)ncnc32)[C@H](O)[C@@H]1OP(=O)(O)O. The molecule has 1 aliphatic rings. The van der Waals surface area contributed by atoms with Crippen LogP contribution in [0.2, 0.25) is 0 Å². The van der Waals surface area contributed by atoms with Gasteiger partial charge in [-0.2, -0.15) is 4.31 Å². The van der Waals surface area contributed by atoms with Gasteiger partial charge in [-0.15, -0.1) is 0 Å². The second kappa shape index (κ2) is 29.8. The van der Waals surface area contributed by atoms with Crippen LogP contribution in [-0.4, -0.2) is 123 Å². The summed E-state index contributed by atoms with van der Waals surface area (Å²) in [6.45, 7) is 2.65. The standard InChI is InChI=1S/C41H66N7O17P3S/c1-4-5-6-7-8-9-10-11-12-13-14-15-16-17-18-19-20-21-32(50)69-25-24-43-31(49)22-23-44-39(53)36(52)41(2,3)27-62-68(59,60)65-67(57,58)61-26-30-35(64-66(54,55)56)34(51)40(63-30)48-29-47-33-37(42)45-28-46-38(33)48/h5-6,8-9,11-12,14-15,28-30,34-36,40,51-52H,4,7,10,13,16-27H2,1-3H3,(H,43,49)(H,44,53)(H,57,58)(H,59,60)(H2,42,45,46)(H2,54,55,56)/b6-5-,9-8-,12-11-,15-14-/t30-,34-,35-,36-,40-/m1/s1. The number of amides is 2. The van der Waals surface area contributed by atoms with Gasteiger partial charge in [-0.3, -0.25) is 32.5 Å². The zero-order valence-electron chi connectivity index (χ0n) is 38.8. The molecule has 69 heavy (non-hydrogen) atoms. The maximum Gasteiger partial charge on any atom is 0.481 e. The summed E-state index contributed by atoms with van der Waals surface area (Å²) in [6.07, 6.45) is 19.6. The molecule has 1 aliphatic heterocycles. The number of imidazole rings is 1. The molecule has 3 heterocycles. The van der Waals surface area contributed by atoms with Crippen molar-refractivity contribution in [2.45, 2.75) is 122 Å². The summed E-state index contributed by atoms with van der Waals surface area (Å²) in [6, 6.07) is 0. The van der Waals surface area contributed by atoms with E-state index in [9.17, 15) is 57.9 Å². The zero-order valence-corrected chi connectivity index (χ0v) is 42.3. The Bertz CT molecular complexity index is 2220. The van der Waals surface area contributed by atoms with Crippen molar-refractivity contribution in [1.82, 2.24) is 30.2 Å². The monoisotopic (exact) mass is 1050 g/mol. The first-order valence-corrected chi connectivity index (χ1v) is 27.7. The number of anilines is 1. The zero-order chi connectivity index (χ0) is 51.1. The molecule has 2 aromatic rings. The molecule has 1 saturated heterocycles. The molecule has 2 amide bonds. The van der Waals surface area contributed by atoms with Gasteiger partial charge in [0.2, 0.25) is 11.8 Å². The molecule has 24 nitrogen and oxygen atoms in total. The van der Waals surface area contributed by atoms with Crippen LogP contribution in [-0.2, 0) is 50.7 Å². The molecule has 10 N–H and O–H groups in total. The number of allylic oxidation sites excluding steroid dienone is 8. The van der Waals surface area contributed by atoms with Crippen LogP contribution in [0.15, 0.2) is 61.3 Å². The number of aliphatic hydroxyl groups excluding tert-OH is 2. The van der Waals surface area contributed by atoms with Gasteiger partial charge >= 0.3 is 23.5 Å². The molecule has 0 aromatic carbocycles. The van der Waals surface area contributed by atoms with Gasteiger partial charge in [-0.25, -0.2) is 28.6 Å². The van der Waals surface area contributed by atoms with Gasteiger partial charge < -0.3 is 50.9 Å². The third kappa shape index (κ3) is 22.6. The maximum absolute atomic E-state index is 12.7. The van der Waals surface area contributed by atoms with Crippen LogP contribution in [0.1, 0.15) is 97.6 Å². The normalized spacial score (nSPS) is 20.3. The van der Waals surface area contributed by atoms with E-state index in [1.807, 2.05) is 0 Å². The number of nitrogens with two attached hydrogens (primary N) is 1. The Balaban J connectivity index is 1.29. The lowest BCUT2D eigenvalue weighted by atomic mass is 9.87. The number of ether oxygens (including phenoxy) is 1. The number of phosphoric ester groups is 3. The van der Waals surface area contributed by atoms with Crippen LogP contribution < -0.4 is 16.4 Å². The highest BCUT2D eigenvalue weighted by Crippen LogP contribution is 2.61. The third-order valence-electron chi connectivity index (χ3n) is 9.99. The summed E-state index contributed by atoms with van der Waals surface area (Å²) in [5, 5.41) is 26.6. The molecule has 3 rings (SSSR count). The molecule has 0 aliphatic carbocycles. The first-order valence-electron chi connectivity index (χ1n) is 22.2. The van der Waals surface area contributed by atoms with Gasteiger partial charge in [0.15, 0.2) is 22.8 Å². The van der Waals surface area contributed by atoms with Gasteiger partial charge in [0, 0.05) is 37.1 Å². The van der Waals surface area contributed by atoms with Crippen molar-refractivity contribution in [1.29, 1.82) is 0 Å². The highest BCUT2D eigenvalue weighted by Gasteiger charge is 2.50. The molecule has 0 spiro atoms. The van der Waals surface area contributed by atoms with Crippen LogP contribution in [0.5, 0.6) is 0 Å². The van der Waals surface area contributed by atoms with Crippen molar-refractivity contribution in [3.8, 4) is 0 Å². The number of nitrogens with one attached hydrogen (secondary N) is 2. The number of unbranched alkanes of at least 4 members (excludes halogenated alkanes) is 4. The van der Waals surface area contributed by atoms with E-state index in [1.165, 1.54) is 13.8 Å². The Morgan fingerprint density at radius 1 is 0.884 bits per heavy atom. The Hall–Kier alpha value is -3.48. The van der Waals surface area contributed by atoms with Gasteiger partial charge in [0.1, 0.15) is 36.3 Å². The number of phosphoric acid groups is 3. The number of carbonyl (C=O) groups is 3. The molecule has 1 fully saturated rings. The topological polar surface area (TPSA) is 364 Å². The number of hydrogen-bond donors (Lipinski definition) is 9. The highest BCUT2D eigenvalue weighted by molar-refractivity contribution is 8.13. The smallest absolute Gasteiger partial charge is 0.386 e. The summed E-state index contributed by atoms with van der Waals surface area (Å²) in [5.74, 6) is -1.06. The molecular weight excluding hydrogens is 987 g/mol. The fourth-order valence-electron chi connectivity index (χ4n) is 6.35. The lowest BCUT2D eigenvalue weighted by Crippen LogP contribution is -2.46. The molecule has 7 atom stereocenters. The van der Waals surface area contributed by atoms with Crippen LogP contribution in [0.4, 0.5) is 5.82 Å². The van der Waals surface area contributed by atoms with Crippen molar-refractivity contribution < 1.29 is 80.5 Å². The Kier molecular flexibility index (Phi) is 25.8. The van der Waals surface area contributed by atoms with Crippen molar-refractivity contribution in [3.63, 3.8) is 0 Å². The molecule has 28 heteroatoms. The largest absolute Gasteiger partial charge is 0.481 e. The molecule has 0 bridgehead atoms. The van der Waals surface area contributed by atoms with E-state index in [0.29, 0.717) is 12.2 Å². The minimum Gasteiger partial charge on any atom is -0.386 e. The Morgan fingerprint density at radius 3 is 2.19 bits per heavy atom. The van der Waals surface area contributed by atoms with Gasteiger partial charge in [0.05, 0.1) is 19.5 Å². The van der Waals surface area contributed by atoms with E-state index >= 15 is 0 Å². The minimum atomic E-state index is -5.58. The number of aliphatic hydroxyl groups is 2. The first kappa shape index (κ1) is 59.8. The van der Waals surface area contributed by atoms with Crippen molar-refractivity contribution in [2.75, 3.05) is 37.8 Å². The summed E-state index contributed by atoms with van der Waals surface area (Å²) in [7, 11) is -16.4. The van der Waals surface area contributed by atoms with Crippen molar-refractivity contribution in [2.24, 2.45) is 5.41 Å². The van der Waals surface area contributed by atoms with E-state index in [2.05, 4.69) is 90.0 Å². The van der Waals surface area contributed by atoms with Crippen molar-refractivity contribution in [3.05, 3.63) is 61.3 Å². The number of nitrogens with zero attached hydrogens (tertiary/aromatic N) is 4. The Labute approximate surface area is 405 Å². The molecule has 2 unspecified atom stereocenters. The lowest BCUT2D eigenvalue weighted by molar-refractivity contribution is -0.137. The predicted molar refractivity (Wildman–Crippen MR) is 256 cm³/mol. The van der Waals surface area contributed by atoms with Crippen LogP contribution >= 0.6 is 35.2 Å². The molecule has 0 saturated carbocycles. The number of thioether (sulfide) groups is 1. The first-order chi connectivity index (χ1) is 32.6. The number of fused-ring (bicyclic) bond motifs is 1. The molecular formula is C41H66N7O17P3S. The molecule has 0 radical (unpaired) electrons. The lowest BCUT2D eigenvalue weighted by Gasteiger charge is -2.30. The van der Waals surface area contributed by atoms with E-state index in [0.717, 1.165) is 86.8 Å². The molecule has 388 valence electrons. The van der Waals surface area contributed by atoms with E-state index in [-0.39, 0.29) is 41.6 Å². The van der Waals surface area contributed by atoms with E-state index in [1.54, 1.807) is 0 Å². The number of rotatable bonds is 33. The van der Waals surface area contributed by atoms with Gasteiger partial charge in [-0.1, -0.05) is 94.0 Å². The second-order valence-electron chi connectivity index (χ2n) is 16.2. The average molecular weight is 1050 g/mol. The Morgan fingerprint density at radius 2 is 1.52 bits per heavy atom. The number of hydrogen-bond acceptors (Lipinski definition) is 18. The number of aromatic nitrogens is 4. The fraction of sp³-hybridized carbons (Fsp3) is 0.610. The van der Waals surface area contributed by atoms with Gasteiger partial charge in [-0.05, 0) is 44.9 Å². The maximum atomic E-state index is 12.7. The van der Waals surface area contributed by atoms with Crippen LogP contribution in [0.25, 0.3) is 11.2 Å². The fourth-order valence-corrected chi connectivity index (χ4v) is 9.90. The third-order valence-corrected chi connectivity index (χ3v) is 14.0. The second-order valence-corrected chi connectivity index (χ2v) is 21.6. The van der Waals surface area contributed by atoms with E-state index in [4.69, 9.17) is 19.5 Å². The van der Waals surface area contributed by atoms with Crippen LogP contribution in [0, 0.1) is 5.41 Å². The summed E-state index contributed by atoms with van der Waals surface area (Å²) in [5.41, 5.74) is 4.28. The summed E-state index contributed by atoms with van der Waals surface area (Å²) >= 11 is 1.13. The van der Waals surface area contributed by atoms with Gasteiger partial charge in [0.25, 0.3) is 0 Å². The average Bonchev–Trinajstić information content (AvgIpc) is 3.84. The number of nitrogen functional groups attached to an aromatic ring is 1.